The third-order valence-corrected chi connectivity index (χ3v) is 5.91. The smallest absolute Gasteiger partial charge is 0.300 e. The first kappa shape index (κ1) is 24.0. The molecule has 1 aliphatic heterocycles. The van der Waals surface area contributed by atoms with E-state index in [0.29, 0.717) is 41.5 Å². The van der Waals surface area contributed by atoms with E-state index in [4.69, 9.17) is 9.47 Å². The van der Waals surface area contributed by atoms with E-state index in [2.05, 4.69) is 4.98 Å². The third kappa shape index (κ3) is 4.62. The van der Waals surface area contributed by atoms with Crippen LogP contribution in [-0.2, 0) is 16.0 Å². The van der Waals surface area contributed by atoms with Crippen molar-refractivity contribution in [3.05, 3.63) is 89.3 Å². The summed E-state index contributed by atoms with van der Waals surface area (Å²) in [5.41, 5.74) is 2.65. The molecule has 2 heterocycles. The summed E-state index contributed by atoms with van der Waals surface area (Å²) in [5.74, 6) is -0.830. The second-order valence-electron chi connectivity index (χ2n) is 7.99. The van der Waals surface area contributed by atoms with E-state index in [0.717, 1.165) is 12.0 Å². The van der Waals surface area contributed by atoms with Crippen LogP contribution in [0.1, 0.15) is 43.5 Å². The number of aliphatic hydroxyl groups is 1. The molecule has 2 aromatic carbocycles. The molecule has 1 saturated heterocycles. The van der Waals surface area contributed by atoms with E-state index in [1.165, 1.54) is 4.90 Å². The monoisotopic (exact) mass is 472 g/mol. The number of aromatic nitrogens is 1. The summed E-state index contributed by atoms with van der Waals surface area (Å²) in [7, 11) is 0. The minimum atomic E-state index is -0.827. The first-order valence-electron chi connectivity index (χ1n) is 11.7. The molecule has 180 valence electrons. The highest BCUT2D eigenvalue weighted by Gasteiger charge is 2.47. The van der Waals surface area contributed by atoms with Gasteiger partial charge in [0.05, 0.1) is 30.4 Å². The summed E-state index contributed by atoms with van der Waals surface area (Å²) in [4.78, 5) is 32.2. The van der Waals surface area contributed by atoms with Crippen LogP contribution in [0.5, 0.6) is 11.5 Å². The number of ketones is 1. The first-order valence-corrected chi connectivity index (χ1v) is 11.7. The summed E-state index contributed by atoms with van der Waals surface area (Å²) >= 11 is 0. The molecule has 7 heteroatoms. The highest BCUT2D eigenvalue weighted by atomic mass is 16.5. The SMILES string of the molecule is CCOc1ccc(/C(O)=C2/C(=O)C(=O)N(c3ccc(CC)cc3)C2c2ccncc2)c(OCC)c1. The number of carbonyl (C=O) groups is 2. The summed E-state index contributed by atoms with van der Waals surface area (Å²) in [6.45, 7) is 6.57. The third-order valence-electron chi connectivity index (χ3n) is 5.91. The molecule has 0 saturated carbocycles. The number of nitrogens with zero attached hydrogens (tertiary/aromatic N) is 2. The Bertz CT molecular complexity index is 1250. The van der Waals surface area contributed by atoms with Gasteiger partial charge in [-0.25, -0.2) is 0 Å². The fourth-order valence-corrected chi connectivity index (χ4v) is 4.23. The lowest BCUT2D eigenvalue weighted by Crippen LogP contribution is -2.29. The van der Waals surface area contributed by atoms with Crippen LogP contribution >= 0.6 is 0 Å². The minimum absolute atomic E-state index is 0.00844. The molecule has 1 unspecified atom stereocenters. The Morgan fingerprint density at radius 2 is 1.63 bits per heavy atom. The van der Waals surface area contributed by atoms with Crippen molar-refractivity contribution in [2.75, 3.05) is 18.1 Å². The van der Waals surface area contributed by atoms with E-state index in [-0.39, 0.29) is 11.3 Å². The molecular weight excluding hydrogens is 444 g/mol. The van der Waals surface area contributed by atoms with Gasteiger partial charge in [-0.15, -0.1) is 0 Å². The standard InChI is InChI=1S/C28H28N2O5/c1-4-18-7-9-20(10-8-18)30-25(19-13-15-29-16-14-19)24(27(32)28(30)33)26(31)22-12-11-21(34-5-2)17-23(22)35-6-3/h7-17,25,31H,4-6H2,1-3H3/b26-24-. The van der Waals surface area contributed by atoms with E-state index in [1.807, 2.05) is 45.0 Å². The Labute approximate surface area is 204 Å². The Balaban J connectivity index is 1.91. The number of ether oxygens (including phenoxy) is 2. The van der Waals surface area contributed by atoms with E-state index in [9.17, 15) is 14.7 Å². The molecule has 1 atom stereocenters. The Kier molecular flexibility index (Phi) is 7.15. The minimum Gasteiger partial charge on any atom is -0.507 e. The maximum Gasteiger partial charge on any atom is 0.300 e. The molecule has 1 aliphatic rings. The van der Waals surface area contributed by atoms with Crippen molar-refractivity contribution in [3.8, 4) is 11.5 Å². The average Bonchev–Trinajstić information content (AvgIpc) is 3.15. The Hall–Kier alpha value is -4.13. The lowest BCUT2D eigenvalue weighted by Gasteiger charge is -2.25. The van der Waals surface area contributed by atoms with Gasteiger partial charge in [-0.1, -0.05) is 19.1 Å². The van der Waals surface area contributed by atoms with E-state index < -0.39 is 17.7 Å². The second-order valence-corrected chi connectivity index (χ2v) is 7.99. The lowest BCUT2D eigenvalue weighted by molar-refractivity contribution is -0.132. The predicted octanol–water partition coefficient (Wildman–Crippen LogP) is 5.07. The van der Waals surface area contributed by atoms with Crippen molar-refractivity contribution in [1.29, 1.82) is 0 Å². The van der Waals surface area contributed by atoms with Gasteiger partial charge in [-0.05, 0) is 67.8 Å². The topological polar surface area (TPSA) is 89.0 Å². The number of hydrogen-bond donors (Lipinski definition) is 1. The molecule has 35 heavy (non-hydrogen) atoms. The number of rotatable bonds is 8. The van der Waals surface area contributed by atoms with Crippen LogP contribution < -0.4 is 14.4 Å². The number of Topliss-reactive ketones (excluding diaryl/α,β-unsaturated/α-hetero) is 1. The number of aliphatic hydroxyl groups excluding tert-OH is 1. The molecule has 1 aromatic heterocycles. The maximum absolute atomic E-state index is 13.4. The lowest BCUT2D eigenvalue weighted by atomic mass is 9.95. The van der Waals surface area contributed by atoms with Crippen molar-refractivity contribution in [2.45, 2.75) is 33.2 Å². The first-order chi connectivity index (χ1) is 17.0. The van der Waals surface area contributed by atoms with Crippen molar-refractivity contribution in [3.63, 3.8) is 0 Å². The Morgan fingerprint density at radius 3 is 2.26 bits per heavy atom. The highest BCUT2D eigenvalue weighted by Crippen LogP contribution is 2.43. The number of hydrogen-bond acceptors (Lipinski definition) is 6. The molecule has 7 nitrogen and oxygen atoms in total. The molecule has 1 fully saturated rings. The number of anilines is 1. The molecule has 0 aliphatic carbocycles. The maximum atomic E-state index is 13.4. The zero-order chi connectivity index (χ0) is 24.9. The van der Waals surface area contributed by atoms with Gasteiger partial charge in [-0.3, -0.25) is 19.5 Å². The van der Waals surface area contributed by atoms with Gasteiger partial charge < -0.3 is 14.6 Å². The number of amides is 1. The van der Waals surface area contributed by atoms with Crippen LogP contribution in [0.25, 0.3) is 5.76 Å². The number of pyridine rings is 1. The zero-order valence-electron chi connectivity index (χ0n) is 20.0. The highest BCUT2D eigenvalue weighted by molar-refractivity contribution is 6.51. The van der Waals surface area contributed by atoms with Crippen LogP contribution in [-0.4, -0.2) is 35.0 Å². The van der Waals surface area contributed by atoms with E-state index >= 15 is 0 Å². The van der Waals surface area contributed by atoms with Gasteiger partial charge in [0, 0.05) is 24.1 Å². The summed E-state index contributed by atoms with van der Waals surface area (Å²) in [6, 6.07) is 15.1. The van der Waals surface area contributed by atoms with Crippen LogP contribution in [0, 0.1) is 0 Å². The largest absolute Gasteiger partial charge is 0.507 e. The molecule has 4 rings (SSSR count). The van der Waals surface area contributed by atoms with Crippen molar-refractivity contribution >= 4 is 23.1 Å². The summed E-state index contributed by atoms with van der Waals surface area (Å²) < 4.78 is 11.3. The normalized spacial score (nSPS) is 17.0. The Morgan fingerprint density at radius 1 is 0.943 bits per heavy atom. The van der Waals surface area contributed by atoms with Crippen LogP contribution in [0.4, 0.5) is 5.69 Å². The van der Waals surface area contributed by atoms with Crippen molar-refractivity contribution < 1.29 is 24.2 Å². The summed E-state index contributed by atoms with van der Waals surface area (Å²) in [6.07, 6.45) is 4.04. The number of aryl methyl sites for hydroxylation is 1. The molecule has 1 amide bonds. The second kappa shape index (κ2) is 10.4. The molecule has 0 bridgehead atoms. The van der Waals surface area contributed by atoms with Crippen molar-refractivity contribution in [2.24, 2.45) is 0 Å². The van der Waals surface area contributed by atoms with Crippen LogP contribution in [0.15, 0.2) is 72.6 Å². The van der Waals surface area contributed by atoms with Gasteiger partial charge >= 0.3 is 0 Å². The number of carbonyl (C=O) groups excluding carboxylic acids is 2. The van der Waals surface area contributed by atoms with Crippen molar-refractivity contribution in [1.82, 2.24) is 4.98 Å². The predicted molar refractivity (Wildman–Crippen MR) is 134 cm³/mol. The average molecular weight is 473 g/mol. The van der Waals surface area contributed by atoms with Gasteiger partial charge in [0.25, 0.3) is 11.7 Å². The zero-order valence-corrected chi connectivity index (χ0v) is 20.0. The van der Waals surface area contributed by atoms with Gasteiger partial charge in [0.2, 0.25) is 0 Å². The van der Waals surface area contributed by atoms with Gasteiger partial charge in [-0.2, -0.15) is 0 Å². The number of benzene rings is 2. The quantitative estimate of drug-likeness (QED) is 0.280. The van der Waals surface area contributed by atoms with Crippen LogP contribution in [0.3, 0.4) is 0 Å². The van der Waals surface area contributed by atoms with Gasteiger partial charge in [0.15, 0.2) is 0 Å². The molecule has 0 spiro atoms. The summed E-state index contributed by atoms with van der Waals surface area (Å²) in [5, 5.41) is 11.5. The molecule has 1 N–H and O–H groups in total. The van der Waals surface area contributed by atoms with Crippen LogP contribution in [0.2, 0.25) is 0 Å². The van der Waals surface area contributed by atoms with E-state index in [1.54, 1.807) is 42.7 Å². The molecular formula is C28H28N2O5. The molecule has 0 radical (unpaired) electrons. The fourth-order valence-electron chi connectivity index (χ4n) is 4.23. The fraction of sp³-hybridized carbons (Fsp3) is 0.250. The molecule has 3 aromatic rings. The van der Waals surface area contributed by atoms with Gasteiger partial charge in [0.1, 0.15) is 17.3 Å².